The summed E-state index contributed by atoms with van der Waals surface area (Å²) in [6.07, 6.45) is 83.6. The molecule has 0 aromatic rings. The first-order valence-corrected chi connectivity index (χ1v) is 32.4. The van der Waals surface area contributed by atoms with Gasteiger partial charge >= 0.3 is 11.9 Å². The van der Waals surface area contributed by atoms with Crippen LogP contribution in [0.1, 0.15) is 232 Å². The van der Waals surface area contributed by atoms with E-state index in [-0.39, 0.29) is 26.1 Å². The summed E-state index contributed by atoms with van der Waals surface area (Å²) in [5, 5.41) is 0. The van der Waals surface area contributed by atoms with E-state index in [0.717, 1.165) is 122 Å². The van der Waals surface area contributed by atoms with Crippen molar-refractivity contribution in [3.8, 4) is 0 Å². The average molecular weight is 1100 g/mol. The number of quaternary nitrogens is 1. The summed E-state index contributed by atoms with van der Waals surface area (Å²) in [5.74, 6) is -0.859. The van der Waals surface area contributed by atoms with Gasteiger partial charge in [0, 0.05) is 12.8 Å². The van der Waals surface area contributed by atoms with Crippen molar-refractivity contribution in [3.63, 3.8) is 0 Å². The van der Waals surface area contributed by atoms with Crippen molar-refractivity contribution < 1.29 is 42.1 Å². The summed E-state index contributed by atoms with van der Waals surface area (Å²) >= 11 is 0. The third kappa shape index (κ3) is 61.4. The average Bonchev–Trinajstić information content (AvgIpc) is 3.41. The summed E-state index contributed by atoms with van der Waals surface area (Å²) < 4.78 is 34.1. The minimum Gasteiger partial charge on any atom is -0.756 e. The molecule has 9 nitrogen and oxygen atoms in total. The van der Waals surface area contributed by atoms with Gasteiger partial charge in [0.05, 0.1) is 27.7 Å². The highest BCUT2D eigenvalue weighted by Gasteiger charge is 2.22. The zero-order valence-electron chi connectivity index (χ0n) is 50.3. The van der Waals surface area contributed by atoms with Crippen LogP contribution in [0, 0.1) is 0 Å². The highest BCUT2D eigenvalue weighted by molar-refractivity contribution is 7.45. The Kier molecular flexibility index (Phi) is 55.0. The quantitative estimate of drug-likeness (QED) is 0.0195. The lowest BCUT2D eigenvalue weighted by atomic mass is 10.1. The molecule has 2 unspecified atom stereocenters. The molecule has 0 spiro atoms. The molecule has 2 atom stereocenters. The molecule has 0 aliphatic heterocycles. The predicted molar refractivity (Wildman–Crippen MR) is 332 cm³/mol. The Morgan fingerprint density at radius 1 is 0.410 bits per heavy atom. The Morgan fingerprint density at radius 2 is 0.731 bits per heavy atom. The second-order valence-corrected chi connectivity index (χ2v) is 22.7. The maximum atomic E-state index is 12.8. The van der Waals surface area contributed by atoms with Crippen molar-refractivity contribution in [1.29, 1.82) is 0 Å². The lowest BCUT2D eigenvalue weighted by molar-refractivity contribution is -0.870. The highest BCUT2D eigenvalue weighted by atomic mass is 31.2. The summed E-state index contributed by atoms with van der Waals surface area (Å²) in [6, 6.07) is 0. The van der Waals surface area contributed by atoms with E-state index in [0.29, 0.717) is 23.9 Å². The van der Waals surface area contributed by atoms with Crippen molar-refractivity contribution in [2.75, 3.05) is 47.5 Å². The molecule has 0 heterocycles. The fourth-order valence-corrected chi connectivity index (χ4v) is 8.64. The number of rotatable bonds is 55. The summed E-state index contributed by atoms with van der Waals surface area (Å²) in [7, 11) is 1.14. The molecular formula is C68H114NO8P. The molecule has 0 saturated carbocycles. The van der Waals surface area contributed by atoms with Crippen LogP contribution < -0.4 is 4.89 Å². The first kappa shape index (κ1) is 74.2. The molecule has 0 rings (SSSR count). The van der Waals surface area contributed by atoms with Gasteiger partial charge in [0.25, 0.3) is 7.82 Å². The summed E-state index contributed by atoms with van der Waals surface area (Å²) in [6.45, 7) is 4.09. The van der Waals surface area contributed by atoms with Gasteiger partial charge in [0.15, 0.2) is 6.10 Å². The summed E-state index contributed by atoms with van der Waals surface area (Å²) in [5.41, 5.74) is 0. The molecule has 0 radical (unpaired) electrons. The molecular weight excluding hydrogens is 990 g/mol. The molecule has 0 aromatic carbocycles. The van der Waals surface area contributed by atoms with E-state index < -0.39 is 32.5 Å². The van der Waals surface area contributed by atoms with Gasteiger partial charge in [0.2, 0.25) is 0 Å². The molecule has 444 valence electrons. The Labute approximate surface area is 479 Å². The Hall–Kier alpha value is -3.85. The number of carbonyl (C=O) groups excluding carboxylic acids is 2. The van der Waals surface area contributed by atoms with Crippen molar-refractivity contribution >= 4 is 19.8 Å². The normalized spacial score (nSPS) is 14.2. The van der Waals surface area contributed by atoms with E-state index in [1.807, 2.05) is 21.1 Å². The van der Waals surface area contributed by atoms with Gasteiger partial charge in [-0.2, -0.15) is 0 Å². The van der Waals surface area contributed by atoms with Crippen LogP contribution in [0.4, 0.5) is 0 Å². The number of phosphoric acid groups is 1. The minimum atomic E-state index is -4.65. The van der Waals surface area contributed by atoms with Crippen molar-refractivity contribution in [2.24, 2.45) is 0 Å². The van der Waals surface area contributed by atoms with E-state index in [4.69, 9.17) is 18.5 Å². The molecule has 10 heteroatoms. The van der Waals surface area contributed by atoms with Crippen LogP contribution in [0.5, 0.6) is 0 Å². The second kappa shape index (κ2) is 57.8. The Bertz CT molecular complexity index is 1780. The first-order chi connectivity index (χ1) is 38.0. The van der Waals surface area contributed by atoms with Crippen LogP contribution in [0.15, 0.2) is 134 Å². The van der Waals surface area contributed by atoms with Crippen LogP contribution in [-0.4, -0.2) is 70.0 Å². The number of likely N-dealkylation sites (N-methyl/N-ethyl adjacent to an activating group) is 1. The van der Waals surface area contributed by atoms with Gasteiger partial charge in [-0.3, -0.25) is 14.2 Å². The van der Waals surface area contributed by atoms with Crippen molar-refractivity contribution in [1.82, 2.24) is 0 Å². The SMILES string of the molecule is CC/C=C\C/C=C\C/C=C\C/C=C\C/C=C\C/C=C\C/C=C\C/C=C\C/C=C\C/C=C\CCCCCCCCCCC(=O)OC(COC(=O)CCCCCCC/C=C\CCCCCCCC)COP(=O)([O-])OCC[N+](C)(C)C. The van der Waals surface area contributed by atoms with Crippen molar-refractivity contribution in [3.05, 3.63) is 134 Å². The third-order valence-electron chi connectivity index (χ3n) is 12.7. The number of hydrogen-bond acceptors (Lipinski definition) is 8. The number of allylic oxidation sites excluding steroid dienone is 22. The molecule has 0 bridgehead atoms. The smallest absolute Gasteiger partial charge is 0.306 e. The fourth-order valence-electron chi connectivity index (χ4n) is 7.91. The zero-order chi connectivity index (χ0) is 57.0. The first-order valence-electron chi connectivity index (χ1n) is 30.9. The number of carbonyl (C=O) groups is 2. The maximum absolute atomic E-state index is 12.8. The largest absolute Gasteiger partial charge is 0.756 e. The number of phosphoric ester groups is 1. The Morgan fingerprint density at radius 3 is 1.10 bits per heavy atom. The number of esters is 2. The minimum absolute atomic E-state index is 0.0399. The second-order valence-electron chi connectivity index (χ2n) is 21.3. The number of hydrogen-bond donors (Lipinski definition) is 0. The van der Waals surface area contributed by atoms with E-state index >= 15 is 0 Å². The maximum Gasteiger partial charge on any atom is 0.306 e. The molecule has 0 aromatic heterocycles. The molecule has 0 fully saturated rings. The van der Waals surface area contributed by atoms with Gasteiger partial charge < -0.3 is 27.9 Å². The van der Waals surface area contributed by atoms with Crippen LogP contribution in [0.2, 0.25) is 0 Å². The topological polar surface area (TPSA) is 111 Å². The van der Waals surface area contributed by atoms with E-state index in [1.54, 1.807) is 0 Å². The lowest BCUT2D eigenvalue weighted by Crippen LogP contribution is -2.37. The molecule has 0 N–H and O–H groups in total. The van der Waals surface area contributed by atoms with E-state index in [1.165, 1.54) is 70.6 Å². The number of nitrogens with zero attached hydrogens (tertiary/aromatic N) is 1. The van der Waals surface area contributed by atoms with Crippen LogP contribution in [0.25, 0.3) is 0 Å². The van der Waals surface area contributed by atoms with Gasteiger partial charge in [-0.15, -0.1) is 0 Å². The standard InChI is InChI=1S/C68H114NO8P/c1-6-8-10-12-14-16-18-20-22-23-24-25-26-27-28-29-30-31-32-33-34-35-36-37-38-39-40-41-42-43-44-45-47-49-51-53-55-57-59-61-68(71)77-66(65-76-78(72,73)75-63-62-69(3,4)5)64-74-67(70)60-58-56-54-52-50-48-46-21-19-17-15-13-11-9-7-2/h8,10,14,16,20-22,24-25,27-28,30-31,33-34,36-37,39-40,42-43,46,66H,6-7,9,11-13,15,17-19,23,26,29,32,35,38,41,44-45,47-65H2,1-5H3/b10-8-,16-14-,22-20-,25-24-,28-27-,31-30-,34-33-,37-36-,40-39-,43-42-,46-21-. The third-order valence-corrected chi connectivity index (χ3v) is 13.6. The van der Waals surface area contributed by atoms with Crippen LogP contribution >= 0.6 is 7.82 Å². The molecule has 78 heavy (non-hydrogen) atoms. The van der Waals surface area contributed by atoms with Crippen molar-refractivity contribution in [2.45, 2.75) is 238 Å². The molecule has 0 aliphatic rings. The van der Waals surface area contributed by atoms with Gasteiger partial charge in [-0.05, 0) is 116 Å². The predicted octanol–water partition coefficient (Wildman–Crippen LogP) is 19.1. The lowest BCUT2D eigenvalue weighted by Gasteiger charge is -2.28. The monoisotopic (exact) mass is 1100 g/mol. The fraction of sp³-hybridized carbons (Fsp3) is 0.647. The number of ether oxygens (including phenoxy) is 2. The zero-order valence-corrected chi connectivity index (χ0v) is 51.2. The van der Waals surface area contributed by atoms with Crippen LogP contribution in [0.3, 0.4) is 0 Å². The van der Waals surface area contributed by atoms with Gasteiger partial charge in [-0.25, -0.2) is 0 Å². The van der Waals surface area contributed by atoms with E-state index in [2.05, 4.69) is 148 Å². The molecule has 0 saturated heterocycles. The highest BCUT2D eigenvalue weighted by Crippen LogP contribution is 2.38. The van der Waals surface area contributed by atoms with Crippen LogP contribution in [-0.2, 0) is 32.7 Å². The van der Waals surface area contributed by atoms with E-state index in [9.17, 15) is 19.0 Å². The Balaban J connectivity index is 4.14. The molecule has 0 amide bonds. The number of unbranched alkanes of at least 4 members (excludes halogenated alkanes) is 19. The summed E-state index contributed by atoms with van der Waals surface area (Å²) in [4.78, 5) is 37.8. The van der Waals surface area contributed by atoms with Gasteiger partial charge in [0.1, 0.15) is 19.8 Å². The van der Waals surface area contributed by atoms with Gasteiger partial charge in [-0.1, -0.05) is 237 Å². The molecule has 0 aliphatic carbocycles.